The van der Waals surface area contributed by atoms with E-state index < -0.39 is 5.97 Å². The molecule has 0 saturated heterocycles. The minimum Gasteiger partial charge on any atom is -0.545 e. The van der Waals surface area contributed by atoms with Crippen molar-refractivity contribution in [3.63, 3.8) is 0 Å². The molecule has 3 aromatic carbocycles. The van der Waals surface area contributed by atoms with Gasteiger partial charge in [-0.15, -0.1) is 0 Å². The van der Waals surface area contributed by atoms with Crippen molar-refractivity contribution in [1.29, 1.82) is 0 Å². The maximum absolute atomic E-state index is 11.2. The zero-order valence-electron chi connectivity index (χ0n) is 11.3. The third-order valence-corrected chi connectivity index (χ3v) is 3.45. The Kier molecular flexibility index (Phi) is 3.52. The van der Waals surface area contributed by atoms with Gasteiger partial charge in [-0.05, 0) is 22.3 Å². The quantitative estimate of drug-likeness (QED) is 0.734. The lowest BCUT2D eigenvalue weighted by Crippen LogP contribution is -2.22. The maximum Gasteiger partial charge on any atom is 0.0721 e. The summed E-state index contributed by atoms with van der Waals surface area (Å²) in [6.45, 7) is 0. The predicted molar refractivity (Wildman–Crippen MR) is 81.6 cm³/mol. The Bertz CT molecular complexity index is 759. The second-order valence-electron chi connectivity index (χ2n) is 4.78. The van der Waals surface area contributed by atoms with Crippen molar-refractivity contribution >= 4 is 5.97 Å². The molecule has 0 N–H and O–H groups in total. The van der Waals surface area contributed by atoms with Crippen LogP contribution in [0.1, 0.15) is 10.4 Å². The normalized spacial score (nSPS) is 10.3. The fourth-order valence-electron chi connectivity index (χ4n) is 2.39. The van der Waals surface area contributed by atoms with Crippen LogP contribution in [0.3, 0.4) is 0 Å². The van der Waals surface area contributed by atoms with Crippen LogP contribution in [0.2, 0.25) is 0 Å². The zero-order chi connectivity index (χ0) is 14.7. The first-order valence-corrected chi connectivity index (χ1v) is 6.72. The number of benzene rings is 3. The molecule has 0 aliphatic heterocycles. The molecule has 102 valence electrons. The minimum absolute atomic E-state index is 0.213. The molecule has 0 aliphatic rings. The van der Waals surface area contributed by atoms with Crippen LogP contribution in [0, 0.1) is 0 Å². The molecule has 0 radical (unpaired) electrons. The molecule has 0 heterocycles. The number of rotatable bonds is 3. The summed E-state index contributed by atoms with van der Waals surface area (Å²) in [5.74, 6) is -1.15. The SMILES string of the molecule is O=C([O-])c1ccccc1-c1ccc(-c2ccccc2)cc1. The number of carbonyl (C=O) groups excluding carboxylic acids is 1. The van der Waals surface area contributed by atoms with Crippen molar-refractivity contribution in [2.75, 3.05) is 0 Å². The molecule has 21 heavy (non-hydrogen) atoms. The van der Waals surface area contributed by atoms with Crippen LogP contribution in [0.4, 0.5) is 0 Å². The lowest BCUT2D eigenvalue weighted by atomic mass is 9.97. The van der Waals surface area contributed by atoms with Gasteiger partial charge in [0, 0.05) is 5.56 Å². The van der Waals surface area contributed by atoms with Gasteiger partial charge >= 0.3 is 0 Å². The van der Waals surface area contributed by atoms with Crippen molar-refractivity contribution in [2.45, 2.75) is 0 Å². The summed E-state index contributed by atoms with van der Waals surface area (Å²) in [5.41, 5.74) is 4.00. The number of carbonyl (C=O) groups is 1. The predicted octanol–water partition coefficient (Wildman–Crippen LogP) is 3.38. The molecular weight excluding hydrogens is 260 g/mol. The first kappa shape index (κ1) is 13.1. The van der Waals surface area contributed by atoms with E-state index in [4.69, 9.17) is 0 Å². The van der Waals surface area contributed by atoms with E-state index in [9.17, 15) is 9.90 Å². The van der Waals surface area contributed by atoms with E-state index in [1.807, 2.05) is 60.7 Å². The van der Waals surface area contributed by atoms with Gasteiger partial charge < -0.3 is 9.90 Å². The Morgan fingerprint density at radius 3 is 1.81 bits per heavy atom. The smallest absolute Gasteiger partial charge is 0.0721 e. The molecule has 0 unspecified atom stereocenters. The van der Waals surface area contributed by atoms with Gasteiger partial charge in [0.25, 0.3) is 0 Å². The van der Waals surface area contributed by atoms with E-state index in [0.29, 0.717) is 5.56 Å². The molecule has 3 aromatic rings. The van der Waals surface area contributed by atoms with Gasteiger partial charge in [-0.25, -0.2) is 0 Å². The fraction of sp³-hybridized carbons (Fsp3) is 0. The van der Waals surface area contributed by atoms with Crippen LogP contribution in [0.15, 0.2) is 78.9 Å². The average Bonchev–Trinajstić information content (AvgIpc) is 2.56. The summed E-state index contributed by atoms with van der Waals surface area (Å²) >= 11 is 0. The molecule has 2 nitrogen and oxygen atoms in total. The van der Waals surface area contributed by atoms with Gasteiger partial charge in [0.2, 0.25) is 0 Å². The number of hydrogen-bond acceptors (Lipinski definition) is 2. The molecule has 0 amide bonds. The molecule has 0 aliphatic carbocycles. The van der Waals surface area contributed by atoms with Crippen molar-refractivity contribution in [3.05, 3.63) is 84.4 Å². The van der Waals surface area contributed by atoms with E-state index in [0.717, 1.165) is 16.7 Å². The highest BCUT2D eigenvalue weighted by molar-refractivity contribution is 5.94. The van der Waals surface area contributed by atoms with Crippen molar-refractivity contribution in [3.8, 4) is 22.3 Å². The van der Waals surface area contributed by atoms with E-state index in [1.165, 1.54) is 0 Å². The molecule has 0 bridgehead atoms. The lowest BCUT2D eigenvalue weighted by molar-refractivity contribution is -0.254. The largest absolute Gasteiger partial charge is 0.545 e. The van der Waals surface area contributed by atoms with E-state index in [1.54, 1.807) is 18.2 Å². The van der Waals surface area contributed by atoms with Gasteiger partial charge in [-0.2, -0.15) is 0 Å². The van der Waals surface area contributed by atoms with Gasteiger partial charge in [0.1, 0.15) is 0 Å². The summed E-state index contributed by atoms with van der Waals surface area (Å²) in [5, 5.41) is 11.2. The van der Waals surface area contributed by atoms with Crippen LogP contribution in [-0.4, -0.2) is 5.97 Å². The Morgan fingerprint density at radius 1 is 0.619 bits per heavy atom. The van der Waals surface area contributed by atoms with Gasteiger partial charge in [-0.3, -0.25) is 0 Å². The second kappa shape index (κ2) is 5.63. The molecule has 3 rings (SSSR count). The molecular formula is C19H13O2-. The summed E-state index contributed by atoms with van der Waals surface area (Å²) in [7, 11) is 0. The van der Waals surface area contributed by atoms with Crippen LogP contribution in [0.5, 0.6) is 0 Å². The Balaban J connectivity index is 2.01. The Labute approximate surface area is 123 Å². The number of hydrogen-bond donors (Lipinski definition) is 0. The average molecular weight is 273 g/mol. The molecule has 0 atom stereocenters. The Morgan fingerprint density at radius 2 is 1.14 bits per heavy atom. The summed E-state index contributed by atoms with van der Waals surface area (Å²) in [6, 6.07) is 24.8. The number of carboxylic acid groups (broad SMARTS) is 1. The molecule has 0 aromatic heterocycles. The third-order valence-electron chi connectivity index (χ3n) is 3.45. The highest BCUT2D eigenvalue weighted by atomic mass is 16.4. The lowest BCUT2D eigenvalue weighted by Gasteiger charge is -2.11. The Hall–Kier alpha value is -2.87. The fourth-order valence-corrected chi connectivity index (χ4v) is 2.39. The standard InChI is InChI=1S/C19H14O2/c20-19(21)18-9-5-4-8-17(18)16-12-10-15(11-13-16)14-6-2-1-3-7-14/h1-13H,(H,20,21)/p-1. The second-order valence-corrected chi connectivity index (χ2v) is 4.78. The summed E-state index contributed by atoms with van der Waals surface area (Å²) < 4.78 is 0. The van der Waals surface area contributed by atoms with Crippen LogP contribution in [0.25, 0.3) is 22.3 Å². The molecule has 0 fully saturated rings. The van der Waals surface area contributed by atoms with Crippen molar-refractivity contribution < 1.29 is 9.90 Å². The third kappa shape index (κ3) is 2.70. The molecule has 0 saturated carbocycles. The van der Waals surface area contributed by atoms with Crippen molar-refractivity contribution in [1.82, 2.24) is 0 Å². The van der Waals surface area contributed by atoms with Crippen LogP contribution >= 0.6 is 0 Å². The first-order valence-electron chi connectivity index (χ1n) is 6.72. The topological polar surface area (TPSA) is 40.1 Å². The monoisotopic (exact) mass is 273 g/mol. The number of carboxylic acids is 1. The molecule has 2 heteroatoms. The van der Waals surface area contributed by atoms with Crippen molar-refractivity contribution in [2.24, 2.45) is 0 Å². The first-order chi connectivity index (χ1) is 10.3. The summed E-state index contributed by atoms with van der Waals surface area (Å²) in [6.07, 6.45) is 0. The van der Waals surface area contributed by atoms with Gasteiger partial charge in [0.05, 0.1) is 5.97 Å². The van der Waals surface area contributed by atoms with E-state index in [-0.39, 0.29) is 5.56 Å². The highest BCUT2D eigenvalue weighted by Crippen LogP contribution is 2.26. The highest BCUT2D eigenvalue weighted by Gasteiger charge is 2.05. The number of aromatic carboxylic acids is 1. The zero-order valence-corrected chi connectivity index (χ0v) is 11.3. The molecule has 0 spiro atoms. The maximum atomic E-state index is 11.2. The van der Waals surface area contributed by atoms with Crippen LogP contribution < -0.4 is 5.11 Å². The van der Waals surface area contributed by atoms with Gasteiger partial charge in [-0.1, -0.05) is 78.9 Å². The minimum atomic E-state index is -1.15. The van der Waals surface area contributed by atoms with E-state index >= 15 is 0 Å². The summed E-state index contributed by atoms with van der Waals surface area (Å²) in [4.78, 5) is 11.2. The van der Waals surface area contributed by atoms with Crippen LogP contribution in [-0.2, 0) is 0 Å². The van der Waals surface area contributed by atoms with E-state index in [2.05, 4.69) is 0 Å². The van der Waals surface area contributed by atoms with Gasteiger partial charge in [0.15, 0.2) is 0 Å².